The van der Waals surface area contributed by atoms with Gasteiger partial charge in [-0.1, -0.05) is 30.3 Å². The number of carbonyl (C=O) groups is 4. The van der Waals surface area contributed by atoms with Crippen LogP contribution in [0.3, 0.4) is 0 Å². The second-order valence-corrected chi connectivity index (χ2v) is 5.91. The van der Waals surface area contributed by atoms with Gasteiger partial charge in [-0.3, -0.25) is 19.7 Å². The van der Waals surface area contributed by atoms with Gasteiger partial charge in [-0.15, -0.1) is 0 Å². The highest BCUT2D eigenvalue weighted by molar-refractivity contribution is 5.94. The van der Waals surface area contributed by atoms with Crippen LogP contribution >= 0.6 is 0 Å². The Morgan fingerprint density at radius 3 is 2.58 bits per heavy atom. The molecule has 1 heterocycles. The van der Waals surface area contributed by atoms with E-state index in [0.717, 1.165) is 5.56 Å². The van der Waals surface area contributed by atoms with Crippen LogP contribution in [0.2, 0.25) is 0 Å². The van der Waals surface area contributed by atoms with Gasteiger partial charge in [-0.25, -0.2) is 4.79 Å². The number of amides is 3. The van der Waals surface area contributed by atoms with Crippen molar-refractivity contribution in [3.63, 3.8) is 0 Å². The number of carbonyl (C=O) groups excluding carboxylic acids is 4. The highest BCUT2D eigenvalue weighted by Gasteiger charge is 2.38. The second-order valence-electron chi connectivity index (χ2n) is 5.91. The number of hydrogen-bond acceptors (Lipinski definition) is 6. The van der Waals surface area contributed by atoms with Crippen molar-refractivity contribution in [1.29, 1.82) is 0 Å². The van der Waals surface area contributed by atoms with Gasteiger partial charge in [0.25, 0.3) is 5.91 Å². The molecule has 2 rings (SSSR count). The number of esters is 1. The Hall–Kier alpha value is -2.90. The first kappa shape index (κ1) is 19.4. The van der Waals surface area contributed by atoms with E-state index in [2.05, 4.69) is 4.74 Å². The number of nitrogens with zero attached hydrogens (tertiary/aromatic N) is 1. The van der Waals surface area contributed by atoms with E-state index in [0.29, 0.717) is 0 Å². The Labute approximate surface area is 151 Å². The molecule has 0 bridgehead atoms. The highest BCUT2D eigenvalue weighted by Crippen LogP contribution is 2.28. The first-order chi connectivity index (χ1) is 12.4. The van der Waals surface area contributed by atoms with Gasteiger partial charge in [-0.05, 0) is 19.4 Å². The standard InChI is InChI=1S/C18H22N2O6/c1-3-25-18(24)19-15(21)11-26-17(23)14-9-16(22)20(10-14)12(2)13-7-5-4-6-8-13/h4-8,12,14H,3,9-11H2,1-2H3,(H,19,21,24)/t12-,14-/m1/s1. The molecule has 1 aromatic carbocycles. The highest BCUT2D eigenvalue weighted by atomic mass is 16.6. The van der Waals surface area contributed by atoms with Gasteiger partial charge in [0.05, 0.1) is 18.6 Å². The summed E-state index contributed by atoms with van der Waals surface area (Å²) in [6.45, 7) is 3.25. The molecule has 0 saturated carbocycles. The smallest absolute Gasteiger partial charge is 0.413 e. The Morgan fingerprint density at radius 2 is 1.92 bits per heavy atom. The lowest BCUT2D eigenvalue weighted by atomic mass is 10.1. The molecule has 0 spiro atoms. The zero-order valence-corrected chi connectivity index (χ0v) is 14.8. The molecule has 140 valence electrons. The molecule has 0 radical (unpaired) electrons. The molecule has 2 atom stereocenters. The Morgan fingerprint density at radius 1 is 1.23 bits per heavy atom. The molecule has 8 nitrogen and oxygen atoms in total. The van der Waals surface area contributed by atoms with Gasteiger partial charge in [-0.2, -0.15) is 0 Å². The molecule has 8 heteroatoms. The van der Waals surface area contributed by atoms with Crippen LogP contribution in [-0.2, 0) is 23.9 Å². The van der Waals surface area contributed by atoms with Crippen LogP contribution in [0.5, 0.6) is 0 Å². The van der Waals surface area contributed by atoms with Crippen molar-refractivity contribution in [2.24, 2.45) is 5.92 Å². The quantitative estimate of drug-likeness (QED) is 0.768. The molecular formula is C18H22N2O6. The van der Waals surface area contributed by atoms with E-state index in [9.17, 15) is 19.2 Å². The number of benzene rings is 1. The second kappa shape index (κ2) is 8.98. The van der Waals surface area contributed by atoms with Crippen LogP contribution in [0.4, 0.5) is 4.79 Å². The number of alkyl carbamates (subject to hydrolysis) is 1. The van der Waals surface area contributed by atoms with Crippen molar-refractivity contribution in [3.05, 3.63) is 35.9 Å². The van der Waals surface area contributed by atoms with E-state index < -0.39 is 30.5 Å². The maximum Gasteiger partial charge on any atom is 0.413 e. The van der Waals surface area contributed by atoms with Crippen molar-refractivity contribution in [3.8, 4) is 0 Å². The summed E-state index contributed by atoms with van der Waals surface area (Å²) in [5.41, 5.74) is 0.976. The van der Waals surface area contributed by atoms with Crippen LogP contribution < -0.4 is 5.32 Å². The van der Waals surface area contributed by atoms with Crippen LogP contribution in [0, 0.1) is 5.92 Å². The van der Waals surface area contributed by atoms with Crippen LogP contribution in [0.1, 0.15) is 31.9 Å². The maximum atomic E-state index is 12.2. The van der Waals surface area contributed by atoms with E-state index in [-0.39, 0.29) is 31.5 Å². The number of nitrogens with one attached hydrogen (secondary N) is 1. The Balaban J connectivity index is 1.85. The molecule has 1 aliphatic rings. The zero-order chi connectivity index (χ0) is 19.1. The summed E-state index contributed by atoms with van der Waals surface area (Å²) in [7, 11) is 0. The van der Waals surface area contributed by atoms with Crippen LogP contribution in [0.25, 0.3) is 0 Å². The van der Waals surface area contributed by atoms with Crippen molar-refractivity contribution in [2.75, 3.05) is 19.8 Å². The van der Waals surface area contributed by atoms with Crippen molar-refractivity contribution in [1.82, 2.24) is 10.2 Å². The summed E-state index contributed by atoms with van der Waals surface area (Å²) >= 11 is 0. The predicted molar refractivity (Wildman–Crippen MR) is 90.8 cm³/mol. The molecule has 26 heavy (non-hydrogen) atoms. The normalized spacial score (nSPS) is 17.5. The fourth-order valence-electron chi connectivity index (χ4n) is 2.75. The first-order valence-corrected chi connectivity index (χ1v) is 8.40. The topological polar surface area (TPSA) is 102 Å². The summed E-state index contributed by atoms with van der Waals surface area (Å²) in [5, 5.41) is 1.93. The molecule has 1 fully saturated rings. The van der Waals surface area contributed by atoms with Crippen LogP contribution in [-0.4, -0.2) is 48.5 Å². The summed E-state index contributed by atoms with van der Waals surface area (Å²) < 4.78 is 9.46. The van der Waals surface area contributed by atoms with E-state index in [1.807, 2.05) is 42.6 Å². The first-order valence-electron chi connectivity index (χ1n) is 8.40. The van der Waals surface area contributed by atoms with E-state index in [4.69, 9.17) is 4.74 Å². The third-order valence-corrected chi connectivity index (χ3v) is 4.10. The average molecular weight is 362 g/mol. The minimum atomic E-state index is -0.896. The molecule has 0 unspecified atom stereocenters. The fourth-order valence-corrected chi connectivity index (χ4v) is 2.75. The minimum Gasteiger partial charge on any atom is -0.455 e. The molecule has 1 aromatic rings. The third-order valence-electron chi connectivity index (χ3n) is 4.10. The monoisotopic (exact) mass is 362 g/mol. The number of hydrogen-bond donors (Lipinski definition) is 1. The van der Waals surface area contributed by atoms with Crippen molar-refractivity contribution in [2.45, 2.75) is 26.3 Å². The van der Waals surface area contributed by atoms with Gasteiger partial charge >= 0.3 is 12.1 Å². The zero-order valence-electron chi connectivity index (χ0n) is 14.8. The van der Waals surface area contributed by atoms with Crippen molar-refractivity contribution < 1.29 is 28.7 Å². The number of ether oxygens (including phenoxy) is 2. The minimum absolute atomic E-state index is 0.0372. The van der Waals surface area contributed by atoms with Gasteiger partial charge in [0.1, 0.15) is 0 Å². The lowest BCUT2D eigenvalue weighted by Gasteiger charge is -2.25. The van der Waals surface area contributed by atoms with E-state index in [1.165, 1.54) is 0 Å². The molecule has 0 aliphatic carbocycles. The fraction of sp³-hybridized carbons (Fsp3) is 0.444. The molecular weight excluding hydrogens is 340 g/mol. The van der Waals surface area contributed by atoms with Gasteiger partial charge < -0.3 is 14.4 Å². The molecule has 0 aromatic heterocycles. The summed E-state index contributed by atoms with van der Waals surface area (Å²) in [4.78, 5) is 48.6. The molecule has 1 N–H and O–H groups in total. The SMILES string of the molecule is CCOC(=O)NC(=O)COC(=O)[C@@H]1CC(=O)N([C@H](C)c2ccccc2)C1. The van der Waals surface area contributed by atoms with Crippen LogP contribution in [0.15, 0.2) is 30.3 Å². The predicted octanol–water partition coefficient (Wildman–Crippen LogP) is 1.41. The van der Waals surface area contributed by atoms with E-state index >= 15 is 0 Å². The van der Waals surface area contributed by atoms with Crippen molar-refractivity contribution >= 4 is 23.9 Å². The molecule has 1 saturated heterocycles. The molecule has 1 aliphatic heterocycles. The van der Waals surface area contributed by atoms with Gasteiger partial charge in [0, 0.05) is 13.0 Å². The lowest BCUT2D eigenvalue weighted by Crippen LogP contribution is -2.35. The average Bonchev–Trinajstić information content (AvgIpc) is 3.01. The number of rotatable bonds is 6. The maximum absolute atomic E-state index is 12.2. The Kier molecular flexibility index (Phi) is 6.71. The van der Waals surface area contributed by atoms with E-state index in [1.54, 1.807) is 11.8 Å². The summed E-state index contributed by atoms with van der Waals surface area (Å²) in [5.74, 6) is -2.20. The third kappa shape index (κ3) is 5.05. The largest absolute Gasteiger partial charge is 0.455 e. The lowest BCUT2D eigenvalue weighted by molar-refractivity contribution is -0.152. The molecule has 3 amide bonds. The Bertz CT molecular complexity index is 676. The summed E-state index contributed by atoms with van der Waals surface area (Å²) in [6, 6.07) is 9.35. The van der Waals surface area contributed by atoms with Gasteiger partial charge in [0.15, 0.2) is 6.61 Å². The number of imide groups is 1. The number of likely N-dealkylation sites (tertiary alicyclic amines) is 1. The van der Waals surface area contributed by atoms with Gasteiger partial charge in [0.2, 0.25) is 5.91 Å². The summed E-state index contributed by atoms with van der Waals surface area (Å²) in [6.07, 6.45) is -0.859.